The molecule has 0 spiro atoms. The Hall–Kier alpha value is -2.43. The Kier molecular flexibility index (Phi) is 8.47. The maximum absolute atomic E-state index is 12.9. The first-order chi connectivity index (χ1) is 11.5. The van der Waals surface area contributed by atoms with Crippen molar-refractivity contribution in [2.24, 2.45) is 0 Å². The van der Waals surface area contributed by atoms with Gasteiger partial charge in [-0.05, 0) is 48.7 Å². The van der Waals surface area contributed by atoms with Gasteiger partial charge in [0.15, 0.2) is 0 Å². The van der Waals surface area contributed by atoms with E-state index in [1.165, 1.54) is 12.1 Å². The van der Waals surface area contributed by atoms with Crippen LogP contribution in [-0.2, 0) is 11.2 Å². The molecule has 1 amide bonds. The zero-order valence-electron chi connectivity index (χ0n) is 14.8. The van der Waals surface area contributed by atoms with Crippen LogP contribution in [0.4, 0.5) is 4.39 Å². The highest BCUT2D eigenvalue weighted by Crippen LogP contribution is 2.21. The summed E-state index contributed by atoms with van der Waals surface area (Å²) in [5, 5.41) is 0. The van der Waals surface area contributed by atoms with Crippen molar-refractivity contribution >= 4 is 5.91 Å². The number of pyridine rings is 1. The van der Waals surface area contributed by atoms with E-state index >= 15 is 0 Å². The largest absolute Gasteiger partial charge is 0.456 e. The molecule has 0 saturated heterocycles. The van der Waals surface area contributed by atoms with Gasteiger partial charge in [0.2, 0.25) is 5.91 Å². The van der Waals surface area contributed by atoms with Crippen LogP contribution in [0.3, 0.4) is 0 Å². The standard InChI is InChI=1S/C17H19FN2O2.C2H6/c1-13(21)20(2)9-3-4-14-10-17(12-19-11-14)22-16-7-5-15(18)6-8-16;1-2/h5-8,10-12H,3-4,9H2,1-2H3;1-2H3. The maximum atomic E-state index is 12.9. The summed E-state index contributed by atoms with van der Waals surface area (Å²) in [7, 11) is 1.79. The average Bonchev–Trinajstić information content (AvgIpc) is 2.59. The summed E-state index contributed by atoms with van der Waals surface area (Å²) in [5.74, 6) is 0.945. The molecule has 0 atom stereocenters. The minimum absolute atomic E-state index is 0.0616. The second kappa shape index (κ2) is 10.4. The predicted molar refractivity (Wildman–Crippen MR) is 93.7 cm³/mol. The van der Waals surface area contributed by atoms with Gasteiger partial charge in [-0.3, -0.25) is 9.78 Å². The first-order valence-electron chi connectivity index (χ1n) is 8.13. The number of rotatable bonds is 6. The highest BCUT2D eigenvalue weighted by atomic mass is 19.1. The van der Waals surface area contributed by atoms with Crippen molar-refractivity contribution in [3.63, 3.8) is 0 Å². The van der Waals surface area contributed by atoms with Gasteiger partial charge in [0.1, 0.15) is 17.3 Å². The lowest BCUT2D eigenvalue weighted by atomic mass is 10.1. The van der Waals surface area contributed by atoms with Gasteiger partial charge in [-0.15, -0.1) is 0 Å². The monoisotopic (exact) mass is 332 g/mol. The first kappa shape index (κ1) is 19.6. The number of nitrogens with zero attached hydrogens (tertiary/aromatic N) is 2. The van der Waals surface area contributed by atoms with Gasteiger partial charge in [0.05, 0.1) is 6.20 Å². The summed E-state index contributed by atoms with van der Waals surface area (Å²) < 4.78 is 18.5. The predicted octanol–water partition coefficient (Wildman–Crippen LogP) is 4.45. The molecule has 0 aliphatic carbocycles. The minimum Gasteiger partial charge on any atom is -0.456 e. The Morgan fingerprint density at radius 2 is 1.83 bits per heavy atom. The molecular weight excluding hydrogens is 307 g/mol. The highest BCUT2D eigenvalue weighted by Gasteiger charge is 2.04. The fourth-order valence-corrected chi connectivity index (χ4v) is 1.97. The SMILES string of the molecule is CC.CC(=O)N(C)CCCc1cncc(Oc2ccc(F)cc2)c1. The molecule has 130 valence electrons. The zero-order valence-corrected chi connectivity index (χ0v) is 14.8. The van der Waals surface area contributed by atoms with Gasteiger partial charge < -0.3 is 9.64 Å². The van der Waals surface area contributed by atoms with Crippen LogP contribution in [0.1, 0.15) is 32.8 Å². The van der Waals surface area contributed by atoms with Crippen molar-refractivity contribution in [3.05, 3.63) is 54.1 Å². The van der Waals surface area contributed by atoms with Crippen molar-refractivity contribution < 1.29 is 13.9 Å². The summed E-state index contributed by atoms with van der Waals surface area (Å²) >= 11 is 0. The number of benzene rings is 1. The number of ether oxygens (including phenoxy) is 1. The van der Waals surface area contributed by atoms with Gasteiger partial charge in [-0.25, -0.2) is 4.39 Å². The molecule has 0 saturated carbocycles. The molecule has 24 heavy (non-hydrogen) atoms. The number of amides is 1. The topological polar surface area (TPSA) is 42.4 Å². The van der Waals surface area contributed by atoms with Crippen LogP contribution in [0.5, 0.6) is 11.5 Å². The van der Waals surface area contributed by atoms with Gasteiger partial charge in [0.25, 0.3) is 0 Å². The Balaban J connectivity index is 0.00000139. The van der Waals surface area contributed by atoms with Crippen LogP contribution >= 0.6 is 0 Å². The molecule has 0 aliphatic rings. The number of carbonyl (C=O) groups is 1. The quantitative estimate of drug-likeness (QED) is 0.785. The smallest absolute Gasteiger partial charge is 0.219 e. The highest BCUT2D eigenvalue weighted by molar-refractivity contribution is 5.72. The lowest BCUT2D eigenvalue weighted by molar-refractivity contribution is -0.127. The first-order valence-corrected chi connectivity index (χ1v) is 8.13. The fraction of sp³-hybridized carbons (Fsp3) is 0.368. The van der Waals surface area contributed by atoms with Crippen LogP contribution in [0, 0.1) is 5.82 Å². The Bertz CT molecular complexity index is 630. The number of aromatic nitrogens is 1. The molecule has 0 N–H and O–H groups in total. The summed E-state index contributed by atoms with van der Waals surface area (Å²) in [4.78, 5) is 17.0. The molecule has 0 fully saturated rings. The molecule has 0 unspecified atom stereocenters. The van der Waals surface area contributed by atoms with Gasteiger partial charge in [-0.1, -0.05) is 13.8 Å². The van der Waals surface area contributed by atoms with Crippen molar-refractivity contribution in [1.29, 1.82) is 0 Å². The third-order valence-corrected chi connectivity index (χ3v) is 3.32. The van der Waals surface area contributed by atoms with Gasteiger partial charge >= 0.3 is 0 Å². The van der Waals surface area contributed by atoms with Crippen LogP contribution in [0.25, 0.3) is 0 Å². The Morgan fingerprint density at radius 1 is 1.17 bits per heavy atom. The molecule has 4 nitrogen and oxygen atoms in total. The molecule has 1 aromatic carbocycles. The van der Waals surface area contributed by atoms with Gasteiger partial charge in [0, 0.05) is 26.7 Å². The normalized spacial score (nSPS) is 9.71. The lowest BCUT2D eigenvalue weighted by Crippen LogP contribution is -2.25. The van der Waals surface area contributed by atoms with E-state index in [4.69, 9.17) is 4.74 Å². The van der Waals surface area contributed by atoms with E-state index in [-0.39, 0.29) is 11.7 Å². The van der Waals surface area contributed by atoms with Crippen molar-refractivity contribution in [3.8, 4) is 11.5 Å². The van der Waals surface area contributed by atoms with E-state index in [9.17, 15) is 9.18 Å². The fourth-order valence-electron chi connectivity index (χ4n) is 1.97. The summed E-state index contributed by atoms with van der Waals surface area (Å²) in [6.45, 7) is 6.26. The minimum atomic E-state index is -0.297. The van der Waals surface area contributed by atoms with Gasteiger partial charge in [-0.2, -0.15) is 0 Å². The summed E-state index contributed by atoms with van der Waals surface area (Å²) in [6.07, 6.45) is 5.07. The number of hydrogen-bond donors (Lipinski definition) is 0. The van der Waals surface area contributed by atoms with Crippen LogP contribution in [0.2, 0.25) is 0 Å². The summed E-state index contributed by atoms with van der Waals surface area (Å²) in [5.41, 5.74) is 1.04. The lowest BCUT2D eigenvalue weighted by Gasteiger charge is -2.14. The number of carbonyl (C=O) groups excluding carboxylic acids is 1. The van der Waals surface area contributed by atoms with Crippen LogP contribution < -0.4 is 4.74 Å². The van der Waals surface area contributed by atoms with E-state index in [2.05, 4.69) is 4.98 Å². The number of halogens is 1. The molecule has 0 aliphatic heterocycles. The molecule has 0 radical (unpaired) electrons. The third-order valence-electron chi connectivity index (χ3n) is 3.32. The molecule has 2 aromatic rings. The van der Waals surface area contributed by atoms with Crippen molar-refractivity contribution in [2.45, 2.75) is 33.6 Å². The van der Waals surface area contributed by atoms with Crippen LogP contribution in [-0.4, -0.2) is 29.4 Å². The van der Waals surface area contributed by atoms with E-state index in [1.807, 2.05) is 19.9 Å². The molecule has 5 heteroatoms. The van der Waals surface area contributed by atoms with E-state index in [1.54, 1.807) is 43.4 Å². The average molecular weight is 332 g/mol. The molecule has 1 aromatic heterocycles. The van der Waals surface area contributed by atoms with E-state index in [0.29, 0.717) is 18.0 Å². The van der Waals surface area contributed by atoms with E-state index in [0.717, 1.165) is 18.4 Å². The molecule has 1 heterocycles. The Morgan fingerprint density at radius 3 is 2.46 bits per heavy atom. The molecular formula is C19H25FN2O2. The van der Waals surface area contributed by atoms with E-state index < -0.39 is 0 Å². The molecule has 2 rings (SSSR count). The zero-order chi connectivity index (χ0) is 17.9. The Labute approximate surface area is 143 Å². The van der Waals surface area contributed by atoms with Crippen LogP contribution in [0.15, 0.2) is 42.7 Å². The summed E-state index contributed by atoms with van der Waals surface area (Å²) in [6, 6.07) is 7.76. The second-order valence-corrected chi connectivity index (χ2v) is 5.13. The number of aryl methyl sites for hydroxylation is 1. The number of hydrogen-bond acceptors (Lipinski definition) is 3. The molecule has 0 bridgehead atoms. The second-order valence-electron chi connectivity index (χ2n) is 5.13. The third kappa shape index (κ3) is 6.77. The maximum Gasteiger partial charge on any atom is 0.219 e. The van der Waals surface area contributed by atoms with Crippen molar-refractivity contribution in [1.82, 2.24) is 9.88 Å². The van der Waals surface area contributed by atoms with Crippen molar-refractivity contribution in [2.75, 3.05) is 13.6 Å².